The van der Waals surface area contributed by atoms with E-state index in [-0.39, 0.29) is 12.0 Å². The highest BCUT2D eigenvalue weighted by Crippen LogP contribution is 2.14. The fourth-order valence-electron chi connectivity index (χ4n) is 2.16. The molecule has 16 heavy (non-hydrogen) atoms. The van der Waals surface area contributed by atoms with Gasteiger partial charge in [-0.3, -0.25) is 4.90 Å². The molecule has 1 fully saturated rings. The zero-order valence-electron chi connectivity index (χ0n) is 10.5. The lowest BCUT2D eigenvalue weighted by Gasteiger charge is -2.27. The molecule has 1 aliphatic heterocycles. The topological polar surface area (TPSA) is 43.8 Å². The molecule has 0 amide bonds. The second kappa shape index (κ2) is 6.33. The Labute approximate surface area is 98.2 Å². The van der Waals surface area contributed by atoms with Crippen molar-refractivity contribution >= 4 is 6.29 Å². The summed E-state index contributed by atoms with van der Waals surface area (Å²) in [6, 6.07) is 0. The van der Waals surface area contributed by atoms with Crippen molar-refractivity contribution in [3.05, 3.63) is 0 Å². The maximum absolute atomic E-state index is 10.9. The number of aliphatic hydroxyl groups excluding tert-OH is 1. The van der Waals surface area contributed by atoms with Gasteiger partial charge in [-0.05, 0) is 19.5 Å². The number of β-amino-alcohol motifs (C(OH)–C–C–N with tert-alkyl or cyclic N) is 1. The third-order valence-corrected chi connectivity index (χ3v) is 3.05. The van der Waals surface area contributed by atoms with E-state index in [0.29, 0.717) is 0 Å². The van der Waals surface area contributed by atoms with Gasteiger partial charge in [-0.25, -0.2) is 0 Å². The number of aldehydes is 1. The Kier molecular flexibility index (Phi) is 5.38. The molecule has 0 aromatic carbocycles. The molecule has 0 radical (unpaired) electrons. The summed E-state index contributed by atoms with van der Waals surface area (Å²) in [6.07, 6.45) is 2.17. The zero-order valence-corrected chi connectivity index (χ0v) is 10.5. The molecular weight excluding hydrogens is 204 g/mol. The number of rotatable bonds is 5. The van der Waals surface area contributed by atoms with Gasteiger partial charge in [0.05, 0.1) is 6.61 Å². The molecule has 1 N–H and O–H groups in total. The summed E-state index contributed by atoms with van der Waals surface area (Å²) in [5.74, 6) is 0. The fraction of sp³-hybridized carbons (Fsp3) is 0.917. The van der Waals surface area contributed by atoms with E-state index in [0.717, 1.165) is 52.0 Å². The highest BCUT2D eigenvalue weighted by molar-refractivity contribution is 5.58. The Morgan fingerprint density at radius 2 is 1.81 bits per heavy atom. The molecule has 4 nitrogen and oxygen atoms in total. The highest BCUT2D eigenvalue weighted by atomic mass is 16.3. The highest BCUT2D eigenvalue weighted by Gasteiger charge is 2.22. The summed E-state index contributed by atoms with van der Waals surface area (Å²) < 4.78 is 0. The quantitative estimate of drug-likeness (QED) is 0.683. The molecule has 0 aromatic rings. The standard InChI is InChI=1S/C12H24N2O2/c1-12(2,11-16)10-14-5-3-4-13(6-7-14)8-9-15/h11,15H,3-10H2,1-2H3. The Hall–Kier alpha value is -0.450. The lowest BCUT2D eigenvalue weighted by molar-refractivity contribution is -0.115. The maximum atomic E-state index is 10.9. The minimum absolute atomic E-state index is 0.236. The van der Waals surface area contributed by atoms with E-state index in [9.17, 15) is 4.79 Å². The first-order valence-corrected chi connectivity index (χ1v) is 6.09. The van der Waals surface area contributed by atoms with Gasteiger partial charge in [-0.1, -0.05) is 13.8 Å². The first-order valence-electron chi connectivity index (χ1n) is 6.09. The summed E-state index contributed by atoms with van der Waals surface area (Å²) in [4.78, 5) is 15.5. The average molecular weight is 228 g/mol. The third-order valence-electron chi connectivity index (χ3n) is 3.05. The van der Waals surface area contributed by atoms with Gasteiger partial charge in [0.25, 0.3) is 0 Å². The van der Waals surface area contributed by atoms with E-state index in [1.54, 1.807) is 0 Å². The van der Waals surface area contributed by atoms with Crippen molar-refractivity contribution in [2.75, 3.05) is 45.9 Å². The lowest BCUT2D eigenvalue weighted by atomic mass is 9.95. The normalized spacial score (nSPS) is 20.7. The zero-order chi connectivity index (χ0) is 12.0. The summed E-state index contributed by atoms with van der Waals surface area (Å²) >= 11 is 0. The van der Waals surface area contributed by atoms with Gasteiger partial charge < -0.3 is 14.8 Å². The van der Waals surface area contributed by atoms with Crippen LogP contribution in [0.5, 0.6) is 0 Å². The Bertz CT molecular complexity index is 219. The van der Waals surface area contributed by atoms with E-state index in [1.807, 2.05) is 13.8 Å². The fourth-order valence-corrected chi connectivity index (χ4v) is 2.16. The van der Waals surface area contributed by atoms with Crippen molar-refractivity contribution in [1.29, 1.82) is 0 Å². The molecule has 1 saturated heterocycles. The first kappa shape index (κ1) is 13.6. The van der Waals surface area contributed by atoms with Crippen LogP contribution >= 0.6 is 0 Å². The number of nitrogens with zero attached hydrogens (tertiary/aromatic N) is 2. The molecular formula is C12H24N2O2. The molecule has 0 aromatic heterocycles. The van der Waals surface area contributed by atoms with E-state index in [4.69, 9.17) is 5.11 Å². The van der Waals surface area contributed by atoms with Crippen molar-refractivity contribution in [3.63, 3.8) is 0 Å². The molecule has 0 spiro atoms. The van der Waals surface area contributed by atoms with Crippen molar-refractivity contribution in [2.45, 2.75) is 20.3 Å². The van der Waals surface area contributed by atoms with Crippen LogP contribution in [-0.2, 0) is 4.79 Å². The molecule has 0 aliphatic carbocycles. The van der Waals surface area contributed by atoms with E-state index in [1.165, 1.54) is 0 Å². The van der Waals surface area contributed by atoms with Gasteiger partial charge >= 0.3 is 0 Å². The SMILES string of the molecule is CC(C)(C=O)CN1CCCN(CCO)CC1. The van der Waals surface area contributed by atoms with E-state index >= 15 is 0 Å². The lowest BCUT2D eigenvalue weighted by Crippen LogP contribution is -2.38. The Morgan fingerprint density at radius 1 is 1.19 bits per heavy atom. The van der Waals surface area contributed by atoms with E-state index < -0.39 is 0 Å². The van der Waals surface area contributed by atoms with Crippen LogP contribution in [0.4, 0.5) is 0 Å². The van der Waals surface area contributed by atoms with Crippen LogP contribution in [0.15, 0.2) is 0 Å². The minimum Gasteiger partial charge on any atom is -0.395 e. The van der Waals surface area contributed by atoms with Gasteiger partial charge in [-0.2, -0.15) is 0 Å². The number of carbonyl (C=O) groups excluding carboxylic acids is 1. The monoisotopic (exact) mass is 228 g/mol. The molecule has 1 aliphatic rings. The number of carbonyl (C=O) groups is 1. The van der Waals surface area contributed by atoms with Crippen LogP contribution in [-0.4, -0.2) is 67.1 Å². The summed E-state index contributed by atoms with van der Waals surface area (Å²) in [6.45, 7) is 9.91. The summed E-state index contributed by atoms with van der Waals surface area (Å²) in [5, 5.41) is 8.90. The van der Waals surface area contributed by atoms with Gasteiger partial charge in [-0.15, -0.1) is 0 Å². The van der Waals surface area contributed by atoms with Crippen LogP contribution < -0.4 is 0 Å². The predicted octanol–water partition coefficient (Wildman–Crippen LogP) is 0.212. The van der Waals surface area contributed by atoms with Gasteiger partial charge in [0.1, 0.15) is 6.29 Å². The molecule has 1 heterocycles. The second-order valence-electron chi connectivity index (χ2n) is 5.30. The molecule has 1 rings (SSSR count). The number of hydrogen-bond donors (Lipinski definition) is 1. The first-order chi connectivity index (χ1) is 7.57. The molecule has 0 atom stereocenters. The van der Waals surface area contributed by atoms with E-state index in [2.05, 4.69) is 9.80 Å². The van der Waals surface area contributed by atoms with Gasteiger partial charge in [0.15, 0.2) is 0 Å². The Morgan fingerprint density at radius 3 is 2.44 bits per heavy atom. The predicted molar refractivity (Wildman–Crippen MR) is 64.4 cm³/mol. The smallest absolute Gasteiger partial charge is 0.126 e. The van der Waals surface area contributed by atoms with Crippen LogP contribution in [0, 0.1) is 5.41 Å². The van der Waals surface area contributed by atoms with Crippen LogP contribution in [0.1, 0.15) is 20.3 Å². The molecule has 0 bridgehead atoms. The van der Waals surface area contributed by atoms with Crippen molar-refractivity contribution in [2.24, 2.45) is 5.41 Å². The molecule has 0 unspecified atom stereocenters. The number of aliphatic hydroxyl groups is 1. The largest absolute Gasteiger partial charge is 0.395 e. The molecule has 4 heteroatoms. The summed E-state index contributed by atoms with van der Waals surface area (Å²) in [5.41, 5.74) is -0.244. The second-order valence-corrected chi connectivity index (χ2v) is 5.30. The minimum atomic E-state index is -0.244. The van der Waals surface area contributed by atoms with Crippen LogP contribution in [0.2, 0.25) is 0 Å². The number of hydrogen-bond acceptors (Lipinski definition) is 4. The van der Waals surface area contributed by atoms with Gasteiger partial charge in [0, 0.05) is 31.6 Å². The van der Waals surface area contributed by atoms with Gasteiger partial charge in [0.2, 0.25) is 0 Å². The van der Waals surface area contributed by atoms with Crippen LogP contribution in [0.25, 0.3) is 0 Å². The average Bonchev–Trinajstić information content (AvgIpc) is 2.44. The van der Waals surface area contributed by atoms with Crippen LogP contribution in [0.3, 0.4) is 0 Å². The molecule has 0 saturated carbocycles. The maximum Gasteiger partial charge on any atom is 0.126 e. The van der Waals surface area contributed by atoms with Crippen molar-refractivity contribution in [3.8, 4) is 0 Å². The molecule has 94 valence electrons. The Balaban J connectivity index is 2.38. The van der Waals surface area contributed by atoms with Crippen molar-refractivity contribution < 1.29 is 9.90 Å². The summed E-state index contributed by atoms with van der Waals surface area (Å²) in [7, 11) is 0. The third kappa shape index (κ3) is 4.60. The van der Waals surface area contributed by atoms with Crippen molar-refractivity contribution in [1.82, 2.24) is 9.80 Å².